The van der Waals surface area contributed by atoms with E-state index in [4.69, 9.17) is 9.52 Å². The fourth-order valence-electron chi connectivity index (χ4n) is 4.14. The number of hydrogen-bond acceptors (Lipinski definition) is 3. The van der Waals surface area contributed by atoms with Gasteiger partial charge in [-0.15, -0.1) is 0 Å². The molecule has 5 rings (SSSR count). The van der Waals surface area contributed by atoms with E-state index in [2.05, 4.69) is 12.1 Å². The van der Waals surface area contributed by atoms with Crippen LogP contribution in [0.1, 0.15) is 39.7 Å². The highest BCUT2D eigenvalue weighted by Gasteiger charge is 2.44. The molecule has 1 aliphatic carbocycles. The number of fused-ring (bicyclic) bond motifs is 3. The first-order valence-electron chi connectivity index (χ1n) is 9.01. The smallest absolute Gasteiger partial charge is 0.310 e. The lowest BCUT2D eigenvalue weighted by Gasteiger charge is -2.29. The summed E-state index contributed by atoms with van der Waals surface area (Å²) >= 11 is 0. The van der Waals surface area contributed by atoms with E-state index < -0.39 is 0 Å². The number of carbonyl (C=O) groups is 1. The standard InChI is InChI=1S/C22H17FN2O2/c23-16-10-7-15(8-11-16)21-18-12-9-14-4-1-2-5-17(14)20(18)24-25(21)22(26)19-6-3-13-27-19/h1-8,10-11,13,18,21H,9,12H2. The number of aryl methyl sites for hydroxylation is 1. The number of halogens is 1. The lowest BCUT2D eigenvalue weighted by molar-refractivity contribution is 0.0649. The second-order valence-corrected chi connectivity index (χ2v) is 6.91. The van der Waals surface area contributed by atoms with E-state index in [9.17, 15) is 9.18 Å². The summed E-state index contributed by atoms with van der Waals surface area (Å²) in [5, 5.41) is 6.24. The maximum absolute atomic E-state index is 13.5. The average Bonchev–Trinajstić information content (AvgIpc) is 3.36. The van der Waals surface area contributed by atoms with Gasteiger partial charge in [-0.25, -0.2) is 9.40 Å². The molecule has 1 amide bonds. The van der Waals surface area contributed by atoms with Gasteiger partial charge < -0.3 is 4.42 Å². The predicted octanol–water partition coefficient (Wildman–Crippen LogP) is 4.58. The van der Waals surface area contributed by atoms with Gasteiger partial charge in [-0.2, -0.15) is 5.10 Å². The minimum Gasteiger partial charge on any atom is -0.459 e. The Morgan fingerprint density at radius 2 is 1.89 bits per heavy atom. The zero-order valence-corrected chi connectivity index (χ0v) is 14.5. The number of furan rings is 1. The van der Waals surface area contributed by atoms with E-state index in [1.165, 1.54) is 29.0 Å². The molecular weight excluding hydrogens is 343 g/mol. The van der Waals surface area contributed by atoms with Crippen molar-refractivity contribution in [1.29, 1.82) is 0 Å². The summed E-state index contributed by atoms with van der Waals surface area (Å²) in [5.74, 6) is -0.257. The molecule has 2 atom stereocenters. The summed E-state index contributed by atoms with van der Waals surface area (Å²) in [6.07, 6.45) is 3.30. The molecule has 0 saturated heterocycles. The van der Waals surface area contributed by atoms with Crippen molar-refractivity contribution in [2.75, 3.05) is 0 Å². The van der Waals surface area contributed by atoms with Crippen LogP contribution < -0.4 is 0 Å². The fraction of sp³-hybridized carbons (Fsp3) is 0.182. The Balaban J connectivity index is 1.62. The van der Waals surface area contributed by atoms with Crippen molar-refractivity contribution in [3.05, 3.63) is 95.2 Å². The Morgan fingerprint density at radius 1 is 1.07 bits per heavy atom. The number of nitrogens with zero attached hydrogens (tertiary/aromatic N) is 2. The zero-order valence-electron chi connectivity index (χ0n) is 14.5. The quantitative estimate of drug-likeness (QED) is 0.671. The van der Waals surface area contributed by atoms with Crippen molar-refractivity contribution >= 4 is 11.6 Å². The highest BCUT2D eigenvalue weighted by Crippen LogP contribution is 2.43. The molecule has 2 unspecified atom stereocenters. The Morgan fingerprint density at radius 3 is 2.67 bits per heavy atom. The van der Waals surface area contributed by atoms with Crippen molar-refractivity contribution < 1.29 is 13.6 Å². The molecule has 0 spiro atoms. The number of rotatable bonds is 2. The minimum atomic E-state index is -0.296. The fourth-order valence-corrected chi connectivity index (χ4v) is 4.14. The van der Waals surface area contributed by atoms with Crippen LogP contribution in [0.25, 0.3) is 0 Å². The largest absolute Gasteiger partial charge is 0.459 e. The van der Waals surface area contributed by atoms with Gasteiger partial charge in [0.1, 0.15) is 5.82 Å². The van der Waals surface area contributed by atoms with Crippen LogP contribution in [0.4, 0.5) is 4.39 Å². The molecule has 0 radical (unpaired) electrons. The summed E-state index contributed by atoms with van der Waals surface area (Å²) < 4.78 is 18.8. The van der Waals surface area contributed by atoms with Gasteiger partial charge in [-0.1, -0.05) is 36.4 Å². The Bertz CT molecular complexity index is 1020. The molecule has 2 aromatic carbocycles. The molecule has 1 aromatic heterocycles. The number of benzene rings is 2. The highest BCUT2D eigenvalue weighted by molar-refractivity contribution is 6.07. The molecule has 5 heteroatoms. The molecule has 2 aliphatic rings. The zero-order chi connectivity index (χ0) is 18.4. The van der Waals surface area contributed by atoms with Gasteiger partial charge in [0.05, 0.1) is 18.0 Å². The van der Waals surface area contributed by atoms with Crippen LogP contribution in [0.15, 0.2) is 76.4 Å². The van der Waals surface area contributed by atoms with E-state index in [1.807, 2.05) is 12.1 Å². The van der Waals surface area contributed by atoms with E-state index in [0.717, 1.165) is 29.7 Å². The lowest BCUT2D eigenvalue weighted by atomic mass is 9.77. The SMILES string of the molecule is O=C(c1ccco1)N1N=C2c3ccccc3CCC2C1c1ccc(F)cc1. The van der Waals surface area contributed by atoms with Gasteiger partial charge in [0.25, 0.3) is 0 Å². The van der Waals surface area contributed by atoms with E-state index in [-0.39, 0.29) is 29.4 Å². The van der Waals surface area contributed by atoms with Crippen LogP contribution in [0.5, 0.6) is 0 Å². The molecule has 0 fully saturated rings. The maximum Gasteiger partial charge on any atom is 0.310 e. The number of hydrogen-bond donors (Lipinski definition) is 0. The third-order valence-corrected chi connectivity index (χ3v) is 5.38. The third-order valence-electron chi connectivity index (χ3n) is 5.38. The third kappa shape index (κ3) is 2.58. The monoisotopic (exact) mass is 360 g/mol. The molecule has 0 N–H and O–H groups in total. The molecule has 2 heterocycles. The molecular formula is C22H17FN2O2. The summed E-state index contributed by atoms with van der Waals surface area (Å²) in [4.78, 5) is 13.1. The summed E-state index contributed by atoms with van der Waals surface area (Å²) in [6.45, 7) is 0. The van der Waals surface area contributed by atoms with Crippen molar-refractivity contribution in [3.8, 4) is 0 Å². The molecule has 1 aliphatic heterocycles. The van der Waals surface area contributed by atoms with Gasteiger partial charge in [0.2, 0.25) is 0 Å². The van der Waals surface area contributed by atoms with Crippen LogP contribution in [0, 0.1) is 11.7 Å². The Kier molecular flexibility index (Phi) is 3.67. The van der Waals surface area contributed by atoms with Gasteiger partial charge in [-0.05, 0) is 48.2 Å². The predicted molar refractivity (Wildman–Crippen MR) is 98.8 cm³/mol. The summed E-state index contributed by atoms with van der Waals surface area (Å²) in [7, 11) is 0. The van der Waals surface area contributed by atoms with Crippen molar-refractivity contribution in [1.82, 2.24) is 5.01 Å². The van der Waals surface area contributed by atoms with Gasteiger partial charge in [-0.3, -0.25) is 4.79 Å². The molecule has 4 nitrogen and oxygen atoms in total. The second-order valence-electron chi connectivity index (χ2n) is 6.91. The number of amides is 1. The summed E-state index contributed by atoms with van der Waals surface area (Å²) in [6, 6.07) is 17.6. The first kappa shape index (κ1) is 16.0. The summed E-state index contributed by atoms with van der Waals surface area (Å²) in [5.41, 5.74) is 4.14. The highest BCUT2D eigenvalue weighted by atomic mass is 19.1. The van der Waals surface area contributed by atoms with Crippen LogP contribution in [-0.2, 0) is 6.42 Å². The normalized spacial score (nSPS) is 20.8. The van der Waals surface area contributed by atoms with E-state index in [1.54, 1.807) is 24.3 Å². The van der Waals surface area contributed by atoms with Gasteiger partial charge in [0, 0.05) is 11.5 Å². The van der Waals surface area contributed by atoms with Crippen LogP contribution in [-0.4, -0.2) is 16.6 Å². The van der Waals surface area contributed by atoms with Crippen molar-refractivity contribution in [2.24, 2.45) is 11.0 Å². The van der Waals surface area contributed by atoms with E-state index >= 15 is 0 Å². The second kappa shape index (κ2) is 6.20. The molecule has 3 aromatic rings. The first-order chi connectivity index (χ1) is 13.2. The molecule has 0 saturated carbocycles. The molecule has 27 heavy (non-hydrogen) atoms. The molecule has 134 valence electrons. The van der Waals surface area contributed by atoms with Gasteiger partial charge >= 0.3 is 5.91 Å². The number of hydrazone groups is 1. The van der Waals surface area contributed by atoms with Crippen LogP contribution >= 0.6 is 0 Å². The average molecular weight is 360 g/mol. The minimum absolute atomic E-state index is 0.0734. The van der Waals surface area contributed by atoms with Gasteiger partial charge in [0.15, 0.2) is 5.76 Å². The maximum atomic E-state index is 13.5. The van der Waals surface area contributed by atoms with Crippen molar-refractivity contribution in [3.63, 3.8) is 0 Å². The lowest BCUT2D eigenvalue weighted by Crippen LogP contribution is -2.32. The first-order valence-corrected chi connectivity index (χ1v) is 9.01. The van der Waals surface area contributed by atoms with Crippen LogP contribution in [0.3, 0.4) is 0 Å². The Labute approximate surface area is 155 Å². The number of carbonyl (C=O) groups excluding carboxylic acids is 1. The molecule has 0 bridgehead atoms. The van der Waals surface area contributed by atoms with E-state index in [0.29, 0.717) is 0 Å². The Hall–Kier alpha value is -3.21. The van der Waals surface area contributed by atoms with Crippen LogP contribution in [0.2, 0.25) is 0 Å². The topological polar surface area (TPSA) is 45.8 Å². The van der Waals surface area contributed by atoms with Crippen molar-refractivity contribution in [2.45, 2.75) is 18.9 Å².